The Labute approximate surface area is 113 Å². The molecule has 1 N–H and O–H groups in total. The number of nitrogens with one attached hydrogen (secondary N) is 1. The fourth-order valence-electron chi connectivity index (χ4n) is 1.69. The lowest BCUT2D eigenvalue weighted by Crippen LogP contribution is -2.09. The molecule has 0 saturated carbocycles. The molecule has 20 heavy (non-hydrogen) atoms. The highest BCUT2D eigenvalue weighted by Gasteiger charge is 2.15. The maximum Gasteiger partial charge on any atom is 0.244 e. The van der Waals surface area contributed by atoms with E-state index in [-0.39, 0.29) is 17.5 Å². The molecule has 100 valence electrons. The smallest absolute Gasteiger partial charge is 0.244 e. The molecule has 2 heterocycles. The first kappa shape index (κ1) is 12.0. The number of rotatable bonds is 3. The SMILES string of the molecule is CC(=O)Nc1nonc1-n1cc(-c2ccccc2)nn1. The number of carbonyl (C=O) groups excluding carboxylic acids is 1. The summed E-state index contributed by atoms with van der Waals surface area (Å²) >= 11 is 0. The predicted molar refractivity (Wildman–Crippen MR) is 69.0 cm³/mol. The fourth-order valence-corrected chi connectivity index (χ4v) is 1.69. The van der Waals surface area contributed by atoms with Crippen LogP contribution in [0.5, 0.6) is 0 Å². The largest absolute Gasteiger partial charge is 0.305 e. The Hall–Kier alpha value is -3.03. The predicted octanol–water partition coefficient (Wildman–Crippen LogP) is 1.28. The fraction of sp³-hybridized carbons (Fsp3) is 0.0833. The average molecular weight is 270 g/mol. The molecule has 0 radical (unpaired) electrons. The minimum atomic E-state index is -0.273. The molecule has 0 aliphatic rings. The Balaban J connectivity index is 1.95. The monoisotopic (exact) mass is 270 g/mol. The molecular weight excluding hydrogens is 260 g/mol. The number of hydrogen-bond donors (Lipinski definition) is 1. The van der Waals surface area contributed by atoms with Gasteiger partial charge in [0.2, 0.25) is 17.5 Å². The molecule has 8 heteroatoms. The Kier molecular flexibility index (Phi) is 2.96. The lowest BCUT2D eigenvalue weighted by molar-refractivity contribution is -0.114. The van der Waals surface area contributed by atoms with Crippen molar-refractivity contribution in [3.05, 3.63) is 36.5 Å². The first-order chi connectivity index (χ1) is 9.74. The van der Waals surface area contributed by atoms with Crippen molar-refractivity contribution in [1.82, 2.24) is 25.3 Å². The molecule has 1 amide bonds. The quantitative estimate of drug-likeness (QED) is 0.769. The van der Waals surface area contributed by atoms with Crippen LogP contribution in [-0.4, -0.2) is 31.2 Å². The second-order valence-electron chi connectivity index (χ2n) is 4.03. The van der Waals surface area contributed by atoms with E-state index >= 15 is 0 Å². The first-order valence-electron chi connectivity index (χ1n) is 5.82. The molecule has 0 fully saturated rings. The van der Waals surface area contributed by atoms with Crippen LogP contribution in [0.3, 0.4) is 0 Å². The summed E-state index contributed by atoms with van der Waals surface area (Å²) in [7, 11) is 0. The van der Waals surface area contributed by atoms with Crippen molar-refractivity contribution in [3.8, 4) is 17.1 Å². The van der Waals surface area contributed by atoms with Gasteiger partial charge < -0.3 is 5.32 Å². The first-order valence-corrected chi connectivity index (χ1v) is 5.82. The van der Waals surface area contributed by atoms with Crippen molar-refractivity contribution in [3.63, 3.8) is 0 Å². The standard InChI is InChI=1S/C12H10N6O2/c1-8(19)13-11-12(16-20-15-11)18-7-10(14-17-18)9-5-3-2-4-6-9/h2-7H,1H3,(H,13,15,19). The van der Waals surface area contributed by atoms with Gasteiger partial charge in [0.15, 0.2) is 0 Å². The van der Waals surface area contributed by atoms with Gasteiger partial charge in [0.1, 0.15) is 5.69 Å². The molecule has 0 aliphatic heterocycles. The number of aromatic nitrogens is 5. The van der Waals surface area contributed by atoms with Gasteiger partial charge in [0, 0.05) is 12.5 Å². The molecule has 0 atom stereocenters. The van der Waals surface area contributed by atoms with Crippen molar-refractivity contribution in [2.45, 2.75) is 6.92 Å². The summed E-state index contributed by atoms with van der Waals surface area (Å²) in [6.45, 7) is 1.37. The molecule has 0 bridgehead atoms. The minimum absolute atomic E-state index is 0.196. The lowest BCUT2D eigenvalue weighted by Gasteiger charge is -1.97. The zero-order valence-corrected chi connectivity index (χ0v) is 10.5. The third-order valence-corrected chi connectivity index (χ3v) is 2.55. The zero-order chi connectivity index (χ0) is 13.9. The van der Waals surface area contributed by atoms with Crippen molar-refractivity contribution in [1.29, 1.82) is 0 Å². The van der Waals surface area contributed by atoms with E-state index in [0.29, 0.717) is 5.69 Å². The van der Waals surface area contributed by atoms with Crippen LogP contribution in [-0.2, 0) is 4.79 Å². The number of hydrogen-bond acceptors (Lipinski definition) is 6. The van der Waals surface area contributed by atoms with E-state index in [1.807, 2.05) is 30.3 Å². The molecule has 0 aliphatic carbocycles. The van der Waals surface area contributed by atoms with Gasteiger partial charge in [-0.05, 0) is 10.3 Å². The Morgan fingerprint density at radius 2 is 2.05 bits per heavy atom. The third kappa shape index (κ3) is 2.26. The van der Waals surface area contributed by atoms with Crippen molar-refractivity contribution in [2.24, 2.45) is 0 Å². The van der Waals surface area contributed by atoms with Gasteiger partial charge in [0.05, 0.1) is 6.20 Å². The van der Waals surface area contributed by atoms with E-state index in [2.05, 4.69) is 30.6 Å². The minimum Gasteiger partial charge on any atom is -0.305 e. The third-order valence-electron chi connectivity index (χ3n) is 2.55. The van der Waals surface area contributed by atoms with E-state index in [1.54, 1.807) is 6.20 Å². The van der Waals surface area contributed by atoms with E-state index in [9.17, 15) is 4.79 Å². The van der Waals surface area contributed by atoms with Crippen molar-refractivity contribution < 1.29 is 9.42 Å². The van der Waals surface area contributed by atoms with E-state index in [1.165, 1.54) is 11.6 Å². The summed E-state index contributed by atoms with van der Waals surface area (Å²) in [5.74, 6) is 0.197. The van der Waals surface area contributed by atoms with Gasteiger partial charge in [-0.3, -0.25) is 4.79 Å². The summed E-state index contributed by atoms with van der Waals surface area (Å²) in [4.78, 5) is 11.1. The van der Waals surface area contributed by atoms with Crippen molar-refractivity contribution in [2.75, 3.05) is 5.32 Å². The molecule has 0 spiro atoms. The van der Waals surface area contributed by atoms with Crippen LogP contribution in [0.4, 0.5) is 5.82 Å². The van der Waals surface area contributed by atoms with Gasteiger partial charge in [-0.2, -0.15) is 4.68 Å². The van der Waals surface area contributed by atoms with Crippen LogP contribution >= 0.6 is 0 Å². The summed E-state index contributed by atoms with van der Waals surface area (Å²) in [6, 6.07) is 9.59. The van der Waals surface area contributed by atoms with Crippen molar-refractivity contribution >= 4 is 11.7 Å². The Morgan fingerprint density at radius 3 is 2.80 bits per heavy atom. The maximum absolute atomic E-state index is 11.1. The van der Waals surface area contributed by atoms with Crippen LogP contribution in [0, 0.1) is 0 Å². The van der Waals surface area contributed by atoms with Crippen LogP contribution in [0.2, 0.25) is 0 Å². The highest BCUT2D eigenvalue weighted by molar-refractivity contribution is 5.89. The lowest BCUT2D eigenvalue weighted by atomic mass is 10.2. The molecular formula is C12H10N6O2. The van der Waals surface area contributed by atoms with Crippen LogP contribution in [0.1, 0.15) is 6.92 Å². The number of carbonyl (C=O) groups is 1. The molecule has 8 nitrogen and oxygen atoms in total. The molecule has 0 saturated heterocycles. The molecule has 0 unspecified atom stereocenters. The van der Waals surface area contributed by atoms with Crippen LogP contribution in [0.25, 0.3) is 17.1 Å². The number of anilines is 1. The van der Waals surface area contributed by atoms with Gasteiger partial charge in [-0.15, -0.1) is 5.10 Å². The van der Waals surface area contributed by atoms with Crippen LogP contribution in [0.15, 0.2) is 41.2 Å². The van der Waals surface area contributed by atoms with Gasteiger partial charge >= 0.3 is 0 Å². The van der Waals surface area contributed by atoms with E-state index in [4.69, 9.17) is 0 Å². The average Bonchev–Trinajstić information content (AvgIpc) is 3.07. The number of nitrogens with zero attached hydrogens (tertiary/aromatic N) is 5. The Bertz CT molecular complexity index is 733. The maximum atomic E-state index is 11.1. The number of benzene rings is 1. The van der Waals surface area contributed by atoms with E-state index < -0.39 is 0 Å². The van der Waals surface area contributed by atoms with Gasteiger partial charge in [0.25, 0.3) is 0 Å². The van der Waals surface area contributed by atoms with Gasteiger partial charge in [-0.25, -0.2) is 4.63 Å². The second-order valence-corrected chi connectivity index (χ2v) is 4.03. The normalized spacial score (nSPS) is 10.4. The highest BCUT2D eigenvalue weighted by Crippen LogP contribution is 2.19. The summed E-state index contributed by atoms with van der Waals surface area (Å²) in [5.41, 5.74) is 1.61. The molecule has 3 aromatic rings. The van der Waals surface area contributed by atoms with Crippen LogP contribution < -0.4 is 5.32 Å². The molecule has 2 aromatic heterocycles. The summed E-state index contributed by atoms with van der Waals surface area (Å²) in [5, 5.41) is 17.8. The summed E-state index contributed by atoms with van der Waals surface area (Å²) < 4.78 is 6.01. The number of amides is 1. The summed E-state index contributed by atoms with van der Waals surface area (Å²) in [6.07, 6.45) is 1.68. The second kappa shape index (κ2) is 4.92. The highest BCUT2D eigenvalue weighted by atomic mass is 16.6. The topological polar surface area (TPSA) is 98.7 Å². The Morgan fingerprint density at radius 1 is 1.25 bits per heavy atom. The van der Waals surface area contributed by atoms with E-state index in [0.717, 1.165) is 5.56 Å². The molecule has 1 aromatic carbocycles. The zero-order valence-electron chi connectivity index (χ0n) is 10.5. The van der Waals surface area contributed by atoms with Gasteiger partial charge in [-0.1, -0.05) is 35.5 Å². The molecule has 3 rings (SSSR count).